The van der Waals surface area contributed by atoms with Crippen LogP contribution in [0.1, 0.15) is 57.9 Å². The zero-order valence-electron chi connectivity index (χ0n) is 33.8. The van der Waals surface area contributed by atoms with E-state index in [9.17, 15) is 68.1 Å². The molecule has 0 aliphatic carbocycles. The molecule has 0 spiro atoms. The number of carbonyl (C=O) groups excluding carboxylic acids is 7. The highest BCUT2D eigenvalue weighted by molar-refractivity contribution is 7.80. The summed E-state index contributed by atoms with van der Waals surface area (Å²) in [5, 5.41) is 62.2. The molecule has 7 atom stereocenters. The second kappa shape index (κ2) is 27.5. The quantitative estimate of drug-likeness (QED) is 0.0339. The van der Waals surface area contributed by atoms with E-state index in [2.05, 4.69) is 44.5 Å². The standard InChI is InChI=1S/C37H54N8O16S/c1-18(2)12-23(43-31(54)20(38)14-30(52)53)34(57)44-24(13-19-6-4-3-5-7-19)35(58)42-22(9-11-29(50)51)33(56)41-21(8-10-28(48)49)32(55)39-15-27(47)40-25(16-46)36(59)45-26(17-62)37(60)61/h3-7,18,20-26,46,62H,8-17,38H2,1-2H3,(H,39,55)(H,40,47)(H,41,56)(H,42,58)(H,43,54)(H,44,57)(H,45,59)(H,48,49)(H,50,51)(H,52,53)(H,60,61)/t20-,21-,22-,23-,24-,25-,26-/m0/s1. The fourth-order valence-electron chi connectivity index (χ4n) is 5.40. The number of carbonyl (C=O) groups is 11. The molecule has 7 amide bonds. The number of aliphatic hydroxyl groups excluding tert-OH is 1. The molecule has 0 unspecified atom stereocenters. The molecular formula is C37H54N8O16S. The monoisotopic (exact) mass is 898 g/mol. The molecule has 0 aliphatic heterocycles. The smallest absolute Gasteiger partial charge is 0.327 e. The minimum absolute atomic E-state index is 0.0170. The van der Waals surface area contributed by atoms with E-state index in [1.165, 1.54) is 0 Å². The van der Waals surface area contributed by atoms with E-state index in [4.69, 9.17) is 15.9 Å². The Labute approximate surface area is 360 Å². The maximum absolute atomic E-state index is 13.9. The van der Waals surface area contributed by atoms with Crippen LogP contribution < -0.4 is 43.0 Å². The van der Waals surface area contributed by atoms with Crippen LogP contribution in [0.4, 0.5) is 0 Å². The van der Waals surface area contributed by atoms with Crippen LogP contribution in [0.25, 0.3) is 0 Å². The van der Waals surface area contributed by atoms with Gasteiger partial charge >= 0.3 is 23.9 Å². The van der Waals surface area contributed by atoms with Gasteiger partial charge in [-0.1, -0.05) is 44.2 Å². The van der Waals surface area contributed by atoms with Gasteiger partial charge in [-0.15, -0.1) is 0 Å². The van der Waals surface area contributed by atoms with Gasteiger partial charge in [0, 0.05) is 25.0 Å². The van der Waals surface area contributed by atoms with Gasteiger partial charge in [0.25, 0.3) is 0 Å². The first kappa shape index (κ1) is 53.7. The van der Waals surface area contributed by atoms with Gasteiger partial charge < -0.3 is 68.5 Å². The van der Waals surface area contributed by atoms with E-state index < -0.39 is 153 Å². The largest absolute Gasteiger partial charge is 0.481 e. The summed E-state index contributed by atoms with van der Waals surface area (Å²) in [4.78, 5) is 137. The second-order valence-electron chi connectivity index (χ2n) is 14.2. The van der Waals surface area contributed by atoms with Crippen molar-refractivity contribution in [1.82, 2.24) is 37.2 Å². The van der Waals surface area contributed by atoms with Crippen LogP contribution in [-0.4, -0.2) is 152 Å². The summed E-state index contributed by atoms with van der Waals surface area (Å²) in [6.07, 6.45) is -3.50. The first-order valence-corrected chi connectivity index (χ1v) is 19.7. The van der Waals surface area contributed by atoms with Gasteiger partial charge in [0.1, 0.15) is 36.3 Å². The molecule has 1 rings (SSSR count). The maximum atomic E-state index is 13.9. The van der Waals surface area contributed by atoms with E-state index in [0.29, 0.717) is 5.56 Å². The Morgan fingerprint density at radius 2 is 1.06 bits per heavy atom. The van der Waals surface area contributed by atoms with E-state index in [0.717, 1.165) is 0 Å². The Hall–Kier alpha value is -6.34. The first-order chi connectivity index (χ1) is 29.1. The summed E-state index contributed by atoms with van der Waals surface area (Å²) in [6.45, 7) is 1.56. The lowest BCUT2D eigenvalue weighted by Crippen LogP contribution is -2.59. The SMILES string of the molecule is CC(C)C[C@H](NC(=O)[C@@H](N)CC(=O)O)C(=O)N[C@@H](Cc1ccccc1)C(=O)N[C@@H](CCC(=O)O)C(=O)N[C@@H](CCC(=O)O)C(=O)NCC(=O)N[C@@H](CO)C(=O)N[C@@H](CS)C(=O)O. The molecule has 0 aliphatic rings. The molecule has 62 heavy (non-hydrogen) atoms. The third-order valence-electron chi connectivity index (χ3n) is 8.60. The minimum atomic E-state index is -1.73. The average molecular weight is 899 g/mol. The van der Waals surface area contributed by atoms with Crippen molar-refractivity contribution in [3.8, 4) is 0 Å². The molecule has 0 fully saturated rings. The minimum Gasteiger partial charge on any atom is -0.481 e. The number of aliphatic hydroxyl groups is 1. The molecule has 14 N–H and O–H groups in total. The van der Waals surface area contributed by atoms with Crippen molar-refractivity contribution in [3.05, 3.63) is 35.9 Å². The normalized spacial score (nSPS) is 14.2. The predicted octanol–water partition coefficient (Wildman–Crippen LogP) is -4.16. The van der Waals surface area contributed by atoms with Gasteiger partial charge in [-0.25, -0.2) is 4.79 Å². The van der Waals surface area contributed by atoms with Crippen LogP contribution in [0.5, 0.6) is 0 Å². The van der Waals surface area contributed by atoms with Crippen molar-refractivity contribution in [3.63, 3.8) is 0 Å². The molecule has 25 heteroatoms. The number of nitrogens with two attached hydrogens (primary N) is 1. The topological polar surface area (TPSA) is 399 Å². The fraction of sp³-hybridized carbons (Fsp3) is 0.541. The number of hydrogen-bond acceptors (Lipinski definition) is 14. The predicted molar refractivity (Wildman–Crippen MR) is 217 cm³/mol. The summed E-state index contributed by atoms with van der Waals surface area (Å²) < 4.78 is 0. The van der Waals surface area contributed by atoms with Gasteiger partial charge in [-0.3, -0.25) is 47.9 Å². The average Bonchev–Trinajstić information content (AvgIpc) is 3.19. The second-order valence-corrected chi connectivity index (χ2v) is 14.6. The van der Waals surface area contributed by atoms with Crippen molar-refractivity contribution in [1.29, 1.82) is 0 Å². The Balaban J connectivity index is 3.34. The summed E-state index contributed by atoms with van der Waals surface area (Å²) in [7, 11) is 0. The highest BCUT2D eigenvalue weighted by atomic mass is 32.1. The van der Waals surface area contributed by atoms with Crippen LogP contribution in [0.2, 0.25) is 0 Å². The number of carboxylic acid groups (broad SMARTS) is 4. The van der Waals surface area contributed by atoms with E-state index in [-0.39, 0.29) is 24.5 Å². The van der Waals surface area contributed by atoms with Crippen LogP contribution in [-0.2, 0) is 59.2 Å². The Morgan fingerprint density at radius 3 is 1.55 bits per heavy atom. The lowest BCUT2D eigenvalue weighted by molar-refractivity contribution is -0.142. The van der Waals surface area contributed by atoms with E-state index in [1.807, 2.05) is 5.32 Å². The molecule has 0 saturated heterocycles. The number of aliphatic carboxylic acids is 4. The fourth-order valence-corrected chi connectivity index (χ4v) is 5.65. The van der Waals surface area contributed by atoms with Crippen molar-refractivity contribution >= 4 is 77.9 Å². The van der Waals surface area contributed by atoms with Crippen LogP contribution in [0.15, 0.2) is 30.3 Å². The lowest BCUT2D eigenvalue weighted by Gasteiger charge is -2.27. The van der Waals surface area contributed by atoms with Crippen LogP contribution in [0, 0.1) is 5.92 Å². The zero-order valence-corrected chi connectivity index (χ0v) is 34.7. The van der Waals surface area contributed by atoms with Gasteiger partial charge in [-0.05, 0) is 30.7 Å². The number of carboxylic acids is 4. The van der Waals surface area contributed by atoms with Gasteiger partial charge in [-0.2, -0.15) is 12.6 Å². The van der Waals surface area contributed by atoms with Crippen LogP contribution in [0.3, 0.4) is 0 Å². The van der Waals surface area contributed by atoms with Crippen LogP contribution >= 0.6 is 12.6 Å². The van der Waals surface area contributed by atoms with Crippen molar-refractivity contribution in [2.45, 2.75) is 101 Å². The van der Waals surface area contributed by atoms with Gasteiger partial charge in [0.05, 0.1) is 25.6 Å². The number of amides is 7. The summed E-state index contributed by atoms with van der Waals surface area (Å²) >= 11 is 3.80. The number of nitrogens with one attached hydrogen (secondary N) is 7. The third kappa shape index (κ3) is 20.8. The summed E-state index contributed by atoms with van der Waals surface area (Å²) in [5.41, 5.74) is 6.19. The summed E-state index contributed by atoms with van der Waals surface area (Å²) in [6, 6.07) is -2.73. The molecular weight excluding hydrogens is 845 g/mol. The number of rotatable bonds is 29. The van der Waals surface area contributed by atoms with Crippen molar-refractivity contribution in [2.75, 3.05) is 18.9 Å². The molecule has 0 bridgehead atoms. The number of thiol groups is 1. The molecule has 0 aromatic heterocycles. The maximum Gasteiger partial charge on any atom is 0.327 e. The Bertz CT molecular complexity index is 1770. The molecule has 0 saturated carbocycles. The first-order valence-electron chi connectivity index (χ1n) is 19.1. The van der Waals surface area contributed by atoms with E-state index >= 15 is 0 Å². The molecule has 344 valence electrons. The number of benzene rings is 1. The highest BCUT2D eigenvalue weighted by Gasteiger charge is 2.33. The molecule has 0 heterocycles. The molecule has 1 aromatic rings. The van der Waals surface area contributed by atoms with Crippen molar-refractivity contribution in [2.24, 2.45) is 11.7 Å². The summed E-state index contributed by atoms with van der Waals surface area (Å²) in [5.74, 6) is -13.5. The third-order valence-corrected chi connectivity index (χ3v) is 8.97. The molecule has 1 aromatic carbocycles. The molecule has 0 radical (unpaired) electrons. The zero-order chi connectivity index (χ0) is 47.1. The van der Waals surface area contributed by atoms with Gasteiger partial charge in [0.2, 0.25) is 41.4 Å². The lowest BCUT2D eigenvalue weighted by atomic mass is 10.00. The Kier molecular flexibility index (Phi) is 23.8. The van der Waals surface area contributed by atoms with Gasteiger partial charge in [0.15, 0.2) is 0 Å². The number of hydrogen-bond donors (Lipinski definition) is 14. The van der Waals surface area contributed by atoms with E-state index in [1.54, 1.807) is 44.2 Å². The Morgan fingerprint density at radius 1 is 0.597 bits per heavy atom. The van der Waals surface area contributed by atoms with Crippen molar-refractivity contribution < 1.29 is 78.3 Å². The molecule has 24 nitrogen and oxygen atoms in total. The highest BCUT2D eigenvalue weighted by Crippen LogP contribution is 2.10.